The monoisotopic (exact) mass is 350 g/mol. The van der Waals surface area contributed by atoms with Gasteiger partial charge in [0.1, 0.15) is 5.75 Å². The minimum absolute atomic E-state index is 0.208. The lowest BCUT2D eigenvalue weighted by Crippen LogP contribution is -2.09. The molecule has 0 atom stereocenters. The third kappa shape index (κ3) is 5.13. The van der Waals surface area contributed by atoms with Crippen LogP contribution in [-0.2, 0) is 4.79 Å². The van der Waals surface area contributed by atoms with Crippen LogP contribution in [0, 0.1) is 0 Å². The summed E-state index contributed by atoms with van der Waals surface area (Å²) >= 11 is 11.8. The molecule has 0 heterocycles. The van der Waals surface area contributed by atoms with Gasteiger partial charge in [-0.2, -0.15) is 0 Å². The largest absolute Gasteiger partial charge is 0.482 e. The molecule has 2 aromatic carbocycles. The summed E-state index contributed by atoms with van der Waals surface area (Å²) in [5.41, 5.74) is 1.14. The van der Waals surface area contributed by atoms with Gasteiger partial charge in [0, 0.05) is 15.6 Å². The quantitative estimate of drug-likeness (QED) is 0.621. The van der Waals surface area contributed by atoms with Gasteiger partial charge in [-0.15, -0.1) is 0 Å². The van der Waals surface area contributed by atoms with Crippen LogP contribution in [-0.4, -0.2) is 23.5 Å². The van der Waals surface area contributed by atoms with Crippen molar-refractivity contribution in [3.8, 4) is 5.75 Å². The van der Waals surface area contributed by atoms with E-state index in [1.807, 2.05) is 0 Å². The maximum absolute atomic E-state index is 12.1. The van der Waals surface area contributed by atoms with Gasteiger partial charge in [-0.1, -0.05) is 29.3 Å². The molecule has 0 amide bonds. The summed E-state index contributed by atoms with van der Waals surface area (Å²) in [7, 11) is 0. The van der Waals surface area contributed by atoms with E-state index in [0.29, 0.717) is 26.9 Å². The Balaban J connectivity index is 2.05. The third-order valence-electron chi connectivity index (χ3n) is 2.88. The van der Waals surface area contributed by atoms with E-state index in [4.69, 9.17) is 33.0 Å². The molecule has 1 N–H and O–H groups in total. The predicted molar refractivity (Wildman–Crippen MR) is 89.4 cm³/mol. The lowest BCUT2D eigenvalue weighted by atomic mass is 10.1. The molecule has 0 unspecified atom stereocenters. The summed E-state index contributed by atoms with van der Waals surface area (Å²) in [4.78, 5) is 22.5. The lowest BCUT2D eigenvalue weighted by molar-refractivity contribution is -0.139. The highest BCUT2D eigenvalue weighted by atomic mass is 35.5. The van der Waals surface area contributed by atoms with Crippen LogP contribution in [0.1, 0.15) is 15.9 Å². The van der Waals surface area contributed by atoms with Crippen LogP contribution in [0.5, 0.6) is 5.75 Å². The van der Waals surface area contributed by atoms with E-state index in [1.165, 1.54) is 6.08 Å². The maximum atomic E-state index is 12.1. The van der Waals surface area contributed by atoms with Crippen molar-refractivity contribution in [1.82, 2.24) is 0 Å². The van der Waals surface area contributed by atoms with Crippen molar-refractivity contribution < 1.29 is 19.4 Å². The first-order valence-electron chi connectivity index (χ1n) is 6.58. The first kappa shape index (κ1) is 17.1. The van der Waals surface area contributed by atoms with Crippen LogP contribution in [0.4, 0.5) is 0 Å². The van der Waals surface area contributed by atoms with Crippen LogP contribution in [0.3, 0.4) is 0 Å². The lowest BCUT2D eigenvalue weighted by Gasteiger charge is -2.03. The number of carboxylic acid groups (broad SMARTS) is 1. The number of ether oxygens (including phenoxy) is 1. The number of rotatable bonds is 6. The zero-order valence-electron chi connectivity index (χ0n) is 11.8. The molecule has 0 fully saturated rings. The maximum Gasteiger partial charge on any atom is 0.341 e. The average Bonchev–Trinajstić information content (AvgIpc) is 2.52. The van der Waals surface area contributed by atoms with Gasteiger partial charge in [-0.3, -0.25) is 4.79 Å². The normalized spacial score (nSPS) is 10.7. The van der Waals surface area contributed by atoms with Gasteiger partial charge >= 0.3 is 5.97 Å². The number of ketones is 1. The number of allylic oxidation sites excluding steroid dienone is 1. The van der Waals surface area contributed by atoms with E-state index in [2.05, 4.69) is 0 Å². The van der Waals surface area contributed by atoms with E-state index in [1.54, 1.807) is 48.5 Å². The Hall–Kier alpha value is -2.30. The zero-order valence-corrected chi connectivity index (χ0v) is 13.3. The summed E-state index contributed by atoms with van der Waals surface area (Å²) in [5, 5.41) is 9.51. The molecule has 0 aliphatic rings. The van der Waals surface area contributed by atoms with Crippen LogP contribution in [0.15, 0.2) is 48.5 Å². The van der Waals surface area contributed by atoms with Gasteiger partial charge < -0.3 is 9.84 Å². The highest BCUT2D eigenvalue weighted by Crippen LogP contribution is 2.22. The Morgan fingerprint density at radius 1 is 1.09 bits per heavy atom. The second kappa shape index (κ2) is 7.81. The summed E-state index contributed by atoms with van der Waals surface area (Å²) in [6, 6.07) is 11.2. The third-order valence-corrected chi connectivity index (χ3v) is 3.44. The Kier molecular flexibility index (Phi) is 5.79. The topological polar surface area (TPSA) is 63.6 Å². The van der Waals surface area contributed by atoms with Crippen molar-refractivity contribution in [3.05, 3.63) is 69.7 Å². The number of carbonyl (C=O) groups excluding carboxylic acids is 1. The highest BCUT2D eigenvalue weighted by molar-refractivity contribution is 6.35. The number of benzene rings is 2. The van der Waals surface area contributed by atoms with Gasteiger partial charge in [0.2, 0.25) is 0 Å². The smallest absolute Gasteiger partial charge is 0.341 e. The molecule has 0 radical (unpaired) electrons. The van der Waals surface area contributed by atoms with E-state index in [9.17, 15) is 9.59 Å². The van der Waals surface area contributed by atoms with Crippen molar-refractivity contribution in [1.29, 1.82) is 0 Å². The zero-order chi connectivity index (χ0) is 16.8. The van der Waals surface area contributed by atoms with E-state index >= 15 is 0 Å². The molecular formula is C17H12Cl2O4. The number of hydrogen-bond donors (Lipinski definition) is 1. The van der Waals surface area contributed by atoms with E-state index in [0.717, 1.165) is 0 Å². The van der Waals surface area contributed by atoms with E-state index in [-0.39, 0.29) is 5.78 Å². The fraction of sp³-hybridized carbons (Fsp3) is 0.0588. The summed E-state index contributed by atoms with van der Waals surface area (Å²) in [6.07, 6.45) is 3.01. The summed E-state index contributed by atoms with van der Waals surface area (Å²) < 4.78 is 5.00. The molecule has 4 nitrogen and oxygen atoms in total. The number of aliphatic carboxylic acids is 1. The molecule has 0 saturated heterocycles. The van der Waals surface area contributed by atoms with Gasteiger partial charge in [0.25, 0.3) is 0 Å². The molecule has 0 bridgehead atoms. The number of carbonyl (C=O) groups is 2. The molecule has 0 saturated carbocycles. The molecule has 0 spiro atoms. The Morgan fingerprint density at radius 3 is 2.39 bits per heavy atom. The van der Waals surface area contributed by atoms with Gasteiger partial charge in [-0.05, 0) is 54.1 Å². The van der Waals surface area contributed by atoms with Gasteiger partial charge in [-0.25, -0.2) is 4.79 Å². The minimum atomic E-state index is -1.06. The summed E-state index contributed by atoms with van der Waals surface area (Å²) in [6.45, 7) is -0.428. The second-order valence-corrected chi connectivity index (χ2v) is 5.41. The SMILES string of the molecule is O=C(O)COc1ccc(C(=O)C=Cc2ccc(Cl)cc2Cl)cc1. The predicted octanol–water partition coefficient (Wildman–Crippen LogP) is 4.35. The minimum Gasteiger partial charge on any atom is -0.482 e. The van der Waals surface area contributed by atoms with Crippen molar-refractivity contribution in [2.75, 3.05) is 6.61 Å². The number of carboxylic acids is 1. The molecule has 0 aliphatic heterocycles. The fourth-order valence-electron chi connectivity index (χ4n) is 1.76. The second-order valence-electron chi connectivity index (χ2n) is 4.57. The first-order chi connectivity index (χ1) is 11.0. The fourth-order valence-corrected chi connectivity index (χ4v) is 2.23. The molecule has 0 aliphatic carbocycles. The molecule has 2 aromatic rings. The Bertz CT molecular complexity index is 752. The highest BCUT2D eigenvalue weighted by Gasteiger charge is 2.04. The first-order valence-corrected chi connectivity index (χ1v) is 7.33. The molecule has 118 valence electrons. The molecule has 2 rings (SSSR count). The van der Waals surface area contributed by atoms with Crippen LogP contribution in [0.2, 0.25) is 10.0 Å². The van der Waals surface area contributed by atoms with Crippen molar-refractivity contribution in [3.63, 3.8) is 0 Å². The molecule has 23 heavy (non-hydrogen) atoms. The number of halogens is 2. The van der Waals surface area contributed by atoms with Gasteiger partial charge in [0.15, 0.2) is 12.4 Å². The van der Waals surface area contributed by atoms with Crippen LogP contribution < -0.4 is 4.74 Å². The van der Waals surface area contributed by atoms with Gasteiger partial charge in [0.05, 0.1) is 0 Å². The average molecular weight is 351 g/mol. The Labute approximate surface area is 142 Å². The van der Waals surface area contributed by atoms with Crippen LogP contribution >= 0.6 is 23.2 Å². The van der Waals surface area contributed by atoms with Crippen LogP contribution in [0.25, 0.3) is 6.08 Å². The standard InChI is InChI=1S/C17H12Cl2O4/c18-13-5-1-11(15(19)9-13)4-8-16(20)12-2-6-14(7-3-12)23-10-17(21)22/h1-9H,10H2,(H,21,22). The van der Waals surface area contributed by atoms with Crippen molar-refractivity contribution in [2.45, 2.75) is 0 Å². The molecular weight excluding hydrogens is 339 g/mol. The van der Waals surface area contributed by atoms with Crippen molar-refractivity contribution in [2.24, 2.45) is 0 Å². The van der Waals surface area contributed by atoms with Crippen molar-refractivity contribution >= 4 is 41.0 Å². The summed E-state index contributed by atoms with van der Waals surface area (Å²) in [5.74, 6) is -0.887. The molecule has 6 heteroatoms. The number of hydrogen-bond acceptors (Lipinski definition) is 3. The molecule has 0 aromatic heterocycles. The van der Waals surface area contributed by atoms with E-state index < -0.39 is 12.6 Å². The Morgan fingerprint density at radius 2 is 1.78 bits per heavy atom.